The van der Waals surface area contributed by atoms with E-state index in [1.165, 1.54) is 43.3 Å². The molecule has 4 rings (SSSR count). The van der Waals surface area contributed by atoms with E-state index in [1.54, 1.807) is 26.0 Å². The number of fused-ring (bicyclic) bond motifs is 1. The number of nitrogens with zero attached hydrogens (tertiary/aromatic N) is 2. The van der Waals surface area contributed by atoms with Crippen LogP contribution in [0.15, 0.2) is 48.5 Å². The van der Waals surface area contributed by atoms with Gasteiger partial charge in [0.15, 0.2) is 0 Å². The lowest BCUT2D eigenvalue weighted by molar-refractivity contribution is -0.384. The van der Waals surface area contributed by atoms with Gasteiger partial charge in [-0.15, -0.1) is 11.3 Å². The Morgan fingerprint density at radius 3 is 2.19 bits per heavy atom. The average Bonchev–Trinajstić information content (AvgIpc) is 3.31. The molecule has 0 fully saturated rings. The number of benzene rings is 2. The van der Waals surface area contributed by atoms with E-state index in [-0.39, 0.29) is 34.0 Å². The highest BCUT2D eigenvalue weighted by atomic mass is 32.1. The molecule has 0 bridgehead atoms. The van der Waals surface area contributed by atoms with E-state index in [0.29, 0.717) is 16.0 Å². The number of hydrogen-bond donors (Lipinski definition) is 1. The summed E-state index contributed by atoms with van der Waals surface area (Å²) < 4.78 is 5.21. The topological polar surface area (TPSA) is 136 Å². The van der Waals surface area contributed by atoms with Crippen LogP contribution < -0.4 is 5.32 Å². The Balaban J connectivity index is 1.68. The molecule has 3 aromatic rings. The molecular formula is C25H21N3O7S. The highest BCUT2D eigenvalue weighted by molar-refractivity contribution is 7.17. The predicted molar refractivity (Wildman–Crippen MR) is 132 cm³/mol. The monoisotopic (exact) mass is 507 g/mol. The van der Waals surface area contributed by atoms with Gasteiger partial charge < -0.3 is 10.1 Å². The fourth-order valence-corrected chi connectivity index (χ4v) is 5.09. The highest BCUT2D eigenvalue weighted by Gasteiger charge is 2.41. The van der Waals surface area contributed by atoms with Crippen molar-refractivity contribution in [3.8, 4) is 11.1 Å². The third-order valence-corrected chi connectivity index (χ3v) is 6.78. The smallest absolute Gasteiger partial charge is 0.341 e. The number of esters is 1. The number of ether oxygens (including phenoxy) is 1. The molecule has 1 aliphatic heterocycles. The number of aryl methyl sites for hydroxylation is 1. The molecule has 184 valence electrons. The van der Waals surface area contributed by atoms with Gasteiger partial charge in [0.2, 0.25) is 5.91 Å². The van der Waals surface area contributed by atoms with Gasteiger partial charge in [0.25, 0.3) is 17.5 Å². The zero-order valence-corrected chi connectivity index (χ0v) is 20.4. The van der Waals surface area contributed by atoms with Crippen LogP contribution in [0.25, 0.3) is 11.1 Å². The molecular weight excluding hydrogens is 486 g/mol. The van der Waals surface area contributed by atoms with Crippen LogP contribution in [0.3, 0.4) is 0 Å². The van der Waals surface area contributed by atoms with Crippen LogP contribution in [0.1, 0.15) is 49.8 Å². The molecule has 0 aliphatic carbocycles. The summed E-state index contributed by atoms with van der Waals surface area (Å²) in [6, 6.07) is 10.9. The minimum absolute atomic E-state index is 0.0895. The molecule has 2 heterocycles. The zero-order valence-electron chi connectivity index (χ0n) is 19.6. The molecule has 0 spiro atoms. The normalized spacial score (nSPS) is 13.4. The summed E-state index contributed by atoms with van der Waals surface area (Å²) in [7, 11) is 0. The van der Waals surface area contributed by atoms with E-state index in [1.807, 2.05) is 0 Å². The fraction of sp³-hybridized carbons (Fsp3) is 0.200. The molecule has 36 heavy (non-hydrogen) atoms. The minimum atomic E-state index is -1.15. The predicted octanol–water partition coefficient (Wildman–Crippen LogP) is 4.43. The number of nitro benzene ring substituents is 1. The largest absolute Gasteiger partial charge is 0.462 e. The SMILES string of the molecule is CCOC(=O)c1c(NC(=O)C(C)N2C(=O)c3ccccc3C2=O)sc(C)c1-c1ccc([N+](=O)[O-])cc1. The maximum Gasteiger partial charge on any atom is 0.341 e. The van der Waals surface area contributed by atoms with Crippen LogP contribution in [0.2, 0.25) is 0 Å². The first kappa shape index (κ1) is 24.7. The maximum absolute atomic E-state index is 13.2. The lowest BCUT2D eigenvalue weighted by atomic mass is 10.0. The Labute approximate surface area is 209 Å². The van der Waals surface area contributed by atoms with Gasteiger partial charge in [0.1, 0.15) is 16.6 Å². The van der Waals surface area contributed by atoms with Crippen LogP contribution >= 0.6 is 11.3 Å². The van der Waals surface area contributed by atoms with E-state index < -0.39 is 34.7 Å². The molecule has 1 aliphatic rings. The third kappa shape index (κ3) is 4.24. The fourth-order valence-electron chi connectivity index (χ4n) is 4.02. The van der Waals surface area contributed by atoms with Crippen molar-refractivity contribution in [3.05, 3.63) is 80.2 Å². The summed E-state index contributed by atoms with van der Waals surface area (Å²) in [5.41, 5.74) is 1.44. The molecule has 11 heteroatoms. The van der Waals surface area contributed by atoms with Crippen LogP contribution in [0, 0.1) is 17.0 Å². The summed E-state index contributed by atoms with van der Waals surface area (Å²) in [5, 5.41) is 13.9. The van der Waals surface area contributed by atoms with E-state index >= 15 is 0 Å². The summed E-state index contributed by atoms with van der Waals surface area (Å²) in [6.45, 7) is 4.91. The lowest BCUT2D eigenvalue weighted by Crippen LogP contribution is -2.45. The Morgan fingerprint density at radius 1 is 1.08 bits per heavy atom. The van der Waals surface area contributed by atoms with Crippen LogP contribution in [0.4, 0.5) is 10.7 Å². The summed E-state index contributed by atoms with van der Waals surface area (Å²) >= 11 is 1.12. The van der Waals surface area contributed by atoms with Crippen molar-refractivity contribution in [2.45, 2.75) is 26.8 Å². The molecule has 0 saturated carbocycles. The van der Waals surface area contributed by atoms with Crippen molar-refractivity contribution in [3.63, 3.8) is 0 Å². The van der Waals surface area contributed by atoms with Crippen molar-refractivity contribution in [1.82, 2.24) is 4.90 Å². The average molecular weight is 508 g/mol. The molecule has 10 nitrogen and oxygen atoms in total. The molecule has 1 aromatic heterocycles. The zero-order chi connectivity index (χ0) is 26.1. The number of amides is 3. The summed E-state index contributed by atoms with van der Waals surface area (Å²) in [4.78, 5) is 63.7. The van der Waals surface area contributed by atoms with Gasteiger partial charge in [0, 0.05) is 22.6 Å². The van der Waals surface area contributed by atoms with Gasteiger partial charge in [0.05, 0.1) is 22.7 Å². The number of hydrogen-bond acceptors (Lipinski definition) is 8. The first-order valence-electron chi connectivity index (χ1n) is 11.0. The van der Waals surface area contributed by atoms with Crippen molar-refractivity contribution in [1.29, 1.82) is 0 Å². The number of nitrogens with one attached hydrogen (secondary N) is 1. The molecule has 1 N–H and O–H groups in total. The van der Waals surface area contributed by atoms with E-state index in [2.05, 4.69) is 5.32 Å². The lowest BCUT2D eigenvalue weighted by Gasteiger charge is -2.21. The van der Waals surface area contributed by atoms with Gasteiger partial charge in [-0.25, -0.2) is 4.79 Å². The molecule has 3 amide bonds. The Kier molecular flexibility index (Phi) is 6.67. The van der Waals surface area contributed by atoms with Gasteiger partial charge in [-0.2, -0.15) is 0 Å². The Bertz CT molecular complexity index is 1380. The van der Waals surface area contributed by atoms with Gasteiger partial charge in [-0.3, -0.25) is 29.4 Å². The highest BCUT2D eigenvalue weighted by Crippen LogP contribution is 2.41. The van der Waals surface area contributed by atoms with Gasteiger partial charge in [-0.05, 0) is 50.6 Å². The number of non-ortho nitro benzene ring substituents is 1. The van der Waals surface area contributed by atoms with E-state index in [4.69, 9.17) is 4.74 Å². The number of carbonyl (C=O) groups is 4. The number of rotatable bonds is 7. The first-order chi connectivity index (χ1) is 17.1. The minimum Gasteiger partial charge on any atom is -0.462 e. The molecule has 1 unspecified atom stereocenters. The second-order valence-electron chi connectivity index (χ2n) is 7.95. The van der Waals surface area contributed by atoms with E-state index in [0.717, 1.165) is 16.2 Å². The Morgan fingerprint density at radius 2 is 1.67 bits per heavy atom. The second-order valence-corrected chi connectivity index (χ2v) is 9.18. The number of imide groups is 1. The van der Waals surface area contributed by atoms with Gasteiger partial charge in [-0.1, -0.05) is 12.1 Å². The van der Waals surface area contributed by atoms with Crippen molar-refractivity contribution in [2.24, 2.45) is 0 Å². The Hall–Kier alpha value is -4.38. The molecule has 1 atom stereocenters. The van der Waals surface area contributed by atoms with Crippen molar-refractivity contribution >= 4 is 45.7 Å². The molecule has 0 radical (unpaired) electrons. The van der Waals surface area contributed by atoms with Crippen LogP contribution in [0.5, 0.6) is 0 Å². The van der Waals surface area contributed by atoms with Crippen molar-refractivity contribution < 1.29 is 28.8 Å². The second kappa shape index (κ2) is 9.70. The molecule has 2 aromatic carbocycles. The van der Waals surface area contributed by atoms with Crippen LogP contribution in [-0.2, 0) is 9.53 Å². The summed E-state index contributed by atoms with van der Waals surface area (Å²) in [6.07, 6.45) is 0. The first-order valence-corrected chi connectivity index (χ1v) is 11.8. The number of thiophene rings is 1. The standard InChI is InChI=1S/C25H21N3O7S/c1-4-35-25(32)20-19(15-9-11-16(12-10-15)28(33)34)14(3)36-22(20)26-21(29)13(2)27-23(30)17-7-5-6-8-18(17)24(27)31/h5-13H,4H2,1-3H3,(H,26,29). The van der Waals surface area contributed by atoms with Crippen molar-refractivity contribution in [2.75, 3.05) is 11.9 Å². The maximum atomic E-state index is 13.2. The number of nitro groups is 1. The molecule has 0 saturated heterocycles. The third-order valence-electron chi connectivity index (χ3n) is 5.76. The number of anilines is 1. The summed E-state index contributed by atoms with van der Waals surface area (Å²) in [5.74, 6) is -2.49. The van der Waals surface area contributed by atoms with E-state index in [9.17, 15) is 29.3 Å². The number of carbonyl (C=O) groups excluding carboxylic acids is 4. The quantitative estimate of drug-likeness (QED) is 0.216. The van der Waals surface area contributed by atoms with Crippen LogP contribution in [-0.4, -0.2) is 46.2 Å². The van der Waals surface area contributed by atoms with Gasteiger partial charge >= 0.3 is 5.97 Å².